The fourth-order valence-electron chi connectivity index (χ4n) is 9.52. The van der Waals surface area contributed by atoms with Crippen LogP contribution in [0.15, 0.2) is 95.8 Å². The SMILES string of the molecule is Cn1c(=O)n(C2CCC(=O)NC2=O)c2ccc(CCCCCCOc3ccc4c5c3CC[C@H](N)C(=O)N5[C@H](C(=O)N[C@@H](CCC(N)=O)C(=O)NC(c3ccccc3)c3ccccc3)C4)cc21.O=C(O)C(F)(F)F. The number of aliphatic carboxylic acids is 1. The van der Waals surface area contributed by atoms with Crippen molar-refractivity contribution >= 4 is 58.1 Å². The van der Waals surface area contributed by atoms with Gasteiger partial charge in [0.05, 0.1) is 35.4 Å². The number of hydrogen-bond acceptors (Lipinski definition) is 10. The van der Waals surface area contributed by atoms with Crippen molar-refractivity contribution in [1.29, 1.82) is 0 Å². The number of nitrogens with one attached hydrogen (secondary N) is 3. The summed E-state index contributed by atoms with van der Waals surface area (Å²) in [6.45, 7) is 0.446. The number of nitrogens with two attached hydrogens (primary N) is 2. The second-order valence-electron chi connectivity index (χ2n) is 18.3. The van der Waals surface area contributed by atoms with Crippen LogP contribution in [0.4, 0.5) is 18.9 Å². The molecule has 386 valence electrons. The van der Waals surface area contributed by atoms with Crippen molar-refractivity contribution in [2.24, 2.45) is 18.5 Å². The number of halogens is 3. The van der Waals surface area contributed by atoms with Crippen molar-refractivity contribution in [3.63, 3.8) is 0 Å². The number of carbonyl (C=O) groups excluding carboxylic acids is 6. The second-order valence-corrected chi connectivity index (χ2v) is 18.3. The van der Waals surface area contributed by atoms with Gasteiger partial charge >= 0.3 is 17.8 Å². The highest BCUT2D eigenvalue weighted by Gasteiger charge is 2.45. The van der Waals surface area contributed by atoms with Crippen molar-refractivity contribution in [3.05, 3.63) is 129 Å². The van der Waals surface area contributed by atoms with E-state index in [0.717, 1.165) is 65.4 Å². The Balaban J connectivity index is 0.00000104. The maximum atomic E-state index is 14.3. The Labute approximate surface area is 417 Å². The van der Waals surface area contributed by atoms with E-state index in [1.807, 2.05) is 91.0 Å². The fraction of sp³-hybridized carbons (Fsp3) is 0.385. The molecule has 5 aromatic rings. The van der Waals surface area contributed by atoms with Gasteiger partial charge in [-0.05, 0) is 85.4 Å². The van der Waals surface area contributed by atoms with Crippen molar-refractivity contribution in [3.8, 4) is 5.75 Å². The number of aromatic nitrogens is 2. The predicted molar refractivity (Wildman–Crippen MR) is 261 cm³/mol. The summed E-state index contributed by atoms with van der Waals surface area (Å²) < 4.78 is 41.1. The van der Waals surface area contributed by atoms with Gasteiger partial charge < -0.3 is 31.9 Å². The zero-order chi connectivity index (χ0) is 52.6. The van der Waals surface area contributed by atoms with E-state index >= 15 is 0 Å². The Morgan fingerprint density at radius 3 is 2.14 bits per heavy atom. The van der Waals surface area contributed by atoms with Crippen LogP contribution in [0.2, 0.25) is 0 Å². The molecule has 73 heavy (non-hydrogen) atoms. The third kappa shape index (κ3) is 12.5. The van der Waals surface area contributed by atoms with Gasteiger partial charge in [-0.15, -0.1) is 0 Å². The summed E-state index contributed by atoms with van der Waals surface area (Å²) in [5, 5.41) is 15.4. The monoisotopic (exact) mass is 1010 g/mol. The minimum absolute atomic E-state index is 0.0413. The van der Waals surface area contributed by atoms with E-state index in [9.17, 15) is 46.7 Å². The molecule has 6 amide bonds. The zero-order valence-electron chi connectivity index (χ0n) is 40.0. The van der Waals surface area contributed by atoms with Crippen molar-refractivity contribution in [2.45, 2.75) is 113 Å². The number of amides is 6. The van der Waals surface area contributed by atoms with Crippen molar-refractivity contribution in [2.75, 3.05) is 11.5 Å². The van der Waals surface area contributed by atoms with Crippen LogP contribution in [0.1, 0.15) is 97.7 Å². The molecular weight excluding hydrogens is 954 g/mol. The molecule has 1 aromatic heterocycles. The van der Waals surface area contributed by atoms with Gasteiger partial charge in [-0.25, -0.2) is 9.59 Å². The Kier molecular flexibility index (Phi) is 16.8. The summed E-state index contributed by atoms with van der Waals surface area (Å²) in [6.07, 6.45) is 0.620. The first kappa shape index (κ1) is 53.0. The number of fused-ring (bicyclic) bond motifs is 1. The number of carbonyl (C=O) groups is 7. The molecule has 18 nitrogen and oxygen atoms in total. The lowest BCUT2D eigenvalue weighted by atomic mass is 9.97. The smallest absolute Gasteiger partial charge is 0.490 e. The maximum Gasteiger partial charge on any atom is 0.490 e. The number of piperidine rings is 1. The Morgan fingerprint density at radius 2 is 1.51 bits per heavy atom. The number of nitrogens with zero attached hydrogens (tertiary/aromatic N) is 3. The number of imide groups is 1. The van der Waals surface area contributed by atoms with Crippen LogP contribution in [0.25, 0.3) is 11.0 Å². The van der Waals surface area contributed by atoms with E-state index in [-0.39, 0.29) is 49.6 Å². The van der Waals surface area contributed by atoms with Crippen LogP contribution < -0.4 is 42.7 Å². The number of rotatable bonds is 18. The molecule has 8 rings (SSSR count). The fourth-order valence-corrected chi connectivity index (χ4v) is 9.52. The minimum Gasteiger partial charge on any atom is -0.493 e. The summed E-state index contributed by atoms with van der Waals surface area (Å²) >= 11 is 0. The third-order valence-electron chi connectivity index (χ3n) is 13.3. The van der Waals surface area contributed by atoms with Crippen LogP contribution in [-0.2, 0) is 59.9 Å². The number of anilines is 1. The molecule has 0 spiro atoms. The molecule has 3 aliphatic heterocycles. The van der Waals surface area contributed by atoms with Gasteiger partial charge in [0, 0.05) is 31.9 Å². The highest BCUT2D eigenvalue weighted by atomic mass is 19.4. The van der Waals surface area contributed by atoms with Crippen molar-refractivity contribution < 1.29 is 56.6 Å². The average molecular weight is 1010 g/mol. The number of primary amides is 1. The van der Waals surface area contributed by atoms with Crippen molar-refractivity contribution in [1.82, 2.24) is 25.1 Å². The van der Waals surface area contributed by atoms with Gasteiger partial charge in [-0.1, -0.05) is 85.6 Å². The normalized spacial score (nSPS) is 17.8. The van der Waals surface area contributed by atoms with Gasteiger partial charge in [0.2, 0.25) is 35.4 Å². The van der Waals surface area contributed by atoms with E-state index in [1.54, 1.807) is 11.6 Å². The summed E-state index contributed by atoms with van der Waals surface area (Å²) in [6, 6.07) is 24.3. The van der Waals surface area contributed by atoms with E-state index in [1.165, 1.54) is 9.47 Å². The Bertz CT molecular complexity index is 2900. The number of unbranched alkanes of at least 4 members (excludes halogenated alkanes) is 3. The summed E-state index contributed by atoms with van der Waals surface area (Å²) in [5.74, 6) is -4.95. The summed E-state index contributed by atoms with van der Waals surface area (Å²) in [5.41, 5.74) is 18.0. The first-order valence-corrected chi connectivity index (χ1v) is 24.0. The molecule has 21 heteroatoms. The van der Waals surface area contributed by atoms with Gasteiger partial charge in [-0.3, -0.25) is 48.1 Å². The minimum atomic E-state index is -5.08. The number of ether oxygens (including phenoxy) is 1. The molecule has 0 bridgehead atoms. The van der Waals surface area contributed by atoms with Crippen LogP contribution in [-0.4, -0.2) is 86.6 Å². The Morgan fingerprint density at radius 1 is 0.849 bits per heavy atom. The summed E-state index contributed by atoms with van der Waals surface area (Å²) in [7, 11) is 1.69. The average Bonchev–Trinajstić information content (AvgIpc) is 3.83. The Hall–Kier alpha value is -7.81. The van der Waals surface area contributed by atoms with Gasteiger partial charge in [0.15, 0.2) is 0 Å². The molecule has 4 atom stereocenters. The highest BCUT2D eigenvalue weighted by molar-refractivity contribution is 6.08. The quantitative estimate of drug-likeness (QED) is 0.0532. The van der Waals surface area contributed by atoms with E-state index in [2.05, 4.69) is 16.0 Å². The third-order valence-corrected chi connectivity index (χ3v) is 13.3. The predicted octanol–water partition coefficient (Wildman–Crippen LogP) is 4.32. The molecule has 3 aliphatic rings. The van der Waals surface area contributed by atoms with Crippen LogP contribution in [0.3, 0.4) is 0 Å². The molecule has 4 heterocycles. The van der Waals surface area contributed by atoms with Gasteiger partial charge in [-0.2, -0.15) is 13.2 Å². The van der Waals surface area contributed by atoms with Gasteiger partial charge in [0.25, 0.3) is 0 Å². The number of imidazole rings is 1. The molecule has 1 unspecified atom stereocenters. The molecule has 0 radical (unpaired) electrons. The van der Waals surface area contributed by atoms with Crippen LogP contribution in [0.5, 0.6) is 5.75 Å². The zero-order valence-corrected chi connectivity index (χ0v) is 40.0. The lowest BCUT2D eigenvalue weighted by Gasteiger charge is -2.29. The number of hydrogen-bond donors (Lipinski definition) is 6. The van der Waals surface area contributed by atoms with E-state index in [0.29, 0.717) is 36.4 Å². The molecule has 1 saturated heterocycles. The first-order chi connectivity index (χ1) is 34.8. The highest BCUT2D eigenvalue weighted by Crippen LogP contribution is 2.43. The topological polar surface area (TPSA) is 267 Å². The number of carboxylic acid groups (broad SMARTS) is 1. The number of benzene rings is 4. The molecule has 0 saturated carbocycles. The number of alkyl halides is 3. The molecule has 4 aromatic carbocycles. The van der Waals surface area contributed by atoms with Gasteiger partial charge in [0.1, 0.15) is 23.9 Å². The van der Waals surface area contributed by atoms with Crippen LogP contribution >= 0.6 is 0 Å². The van der Waals surface area contributed by atoms with Crippen LogP contribution in [0, 0.1) is 0 Å². The number of carboxylic acids is 1. The van der Waals surface area contributed by atoms with E-state index in [4.69, 9.17) is 26.1 Å². The maximum absolute atomic E-state index is 14.3. The molecule has 8 N–H and O–H groups in total. The lowest BCUT2D eigenvalue weighted by Crippen LogP contribution is -2.56. The standard InChI is InChI=1S/C50H56N8O8.C2HF3O2/c1-56-39-28-30(17-22-37(39)57(50(56)65)38-23-26-43(60)54-47(38)62)12-6-2-3-11-27-66-41-24-18-33-29-40(58-45(33)34(41)19-20-35(51)49(58)64)48(63)53-36(21-25-42(52)59)46(61)55-44(31-13-7-4-8-14-31)32-15-9-5-10-16-32;3-2(4,5)1(6)7/h4-5,7-10,13-18,22,24,28,35-36,38,40,44H,2-3,6,11-12,19-21,23,25-27,29,51H2,1H3,(H2,52,59)(H,53,63)(H,55,61)(H,54,60,62);(H,6,7)/t35-,36-,38?,40-;/m0./s1. The largest absolute Gasteiger partial charge is 0.493 e. The molecular formula is C52H57F3N8O10. The lowest BCUT2D eigenvalue weighted by molar-refractivity contribution is -0.192. The number of aryl methyl sites for hydroxylation is 2. The van der Waals surface area contributed by atoms with E-state index < -0.39 is 66.0 Å². The second kappa shape index (κ2) is 23.2. The summed E-state index contributed by atoms with van der Waals surface area (Å²) in [4.78, 5) is 102. The molecule has 1 fully saturated rings. The molecule has 0 aliphatic carbocycles. The first-order valence-electron chi connectivity index (χ1n) is 24.0.